The fraction of sp³-hybridized carbons (Fsp3) is 0.0714. The van der Waals surface area contributed by atoms with E-state index in [1.165, 1.54) is 0 Å². The number of ether oxygens (including phenoxy) is 1. The smallest absolute Gasteiger partial charge is 0.268 e. The molecule has 0 aliphatic rings. The largest absolute Gasteiger partial charge is 0.488 e. The SMILES string of the molecule is NNC(=O)c1cc(Br)ccc1OCc1ccc(Cl)cc1. The molecule has 1 amide bonds. The Morgan fingerprint density at radius 2 is 1.95 bits per heavy atom. The highest BCUT2D eigenvalue weighted by atomic mass is 79.9. The average Bonchev–Trinajstić information content (AvgIpc) is 2.46. The Bertz CT molecular complexity index is 617. The van der Waals surface area contributed by atoms with Crippen molar-refractivity contribution in [1.82, 2.24) is 5.43 Å². The summed E-state index contributed by atoms with van der Waals surface area (Å²) in [4.78, 5) is 11.7. The summed E-state index contributed by atoms with van der Waals surface area (Å²) in [6, 6.07) is 12.5. The molecule has 0 saturated heterocycles. The summed E-state index contributed by atoms with van der Waals surface area (Å²) in [5.74, 6) is 5.22. The first-order valence-electron chi connectivity index (χ1n) is 5.78. The monoisotopic (exact) mass is 354 g/mol. The molecule has 104 valence electrons. The fourth-order valence-corrected chi connectivity index (χ4v) is 2.11. The minimum Gasteiger partial charge on any atom is -0.488 e. The van der Waals surface area contributed by atoms with Gasteiger partial charge in [0, 0.05) is 9.50 Å². The number of hydrazine groups is 1. The molecule has 0 aliphatic heterocycles. The van der Waals surface area contributed by atoms with Gasteiger partial charge in [0.2, 0.25) is 0 Å². The number of benzene rings is 2. The molecular weight excluding hydrogens is 344 g/mol. The van der Waals surface area contributed by atoms with Gasteiger partial charge in [-0.2, -0.15) is 0 Å². The zero-order chi connectivity index (χ0) is 14.5. The van der Waals surface area contributed by atoms with Gasteiger partial charge in [0.25, 0.3) is 5.91 Å². The van der Waals surface area contributed by atoms with Gasteiger partial charge >= 0.3 is 0 Å². The summed E-state index contributed by atoms with van der Waals surface area (Å²) in [5, 5.41) is 0.667. The van der Waals surface area contributed by atoms with Gasteiger partial charge in [-0.3, -0.25) is 10.2 Å². The highest BCUT2D eigenvalue weighted by molar-refractivity contribution is 9.10. The van der Waals surface area contributed by atoms with Crippen molar-refractivity contribution in [3.05, 3.63) is 63.1 Å². The maximum absolute atomic E-state index is 11.7. The predicted octanol–water partition coefficient (Wildman–Crippen LogP) is 3.29. The van der Waals surface area contributed by atoms with Crippen LogP contribution in [0.4, 0.5) is 0 Å². The second-order valence-corrected chi connectivity index (χ2v) is 5.38. The summed E-state index contributed by atoms with van der Waals surface area (Å²) < 4.78 is 6.43. The van der Waals surface area contributed by atoms with Crippen molar-refractivity contribution < 1.29 is 9.53 Å². The number of amides is 1. The molecule has 0 aliphatic carbocycles. The number of hydrogen-bond donors (Lipinski definition) is 2. The Kier molecular flexibility index (Phi) is 5.00. The summed E-state index contributed by atoms with van der Waals surface area (Å²) >= 11 is 9.13. The first-order chi connectivity index (χ1) is 9.60. The van der Waals surface area contributed by atoms with Gasteiger partial charge in [-0.05, 0) is 35.9 Å². The molecule has 0 radical (unpaired) electrons. The lowest BCUT2D eigenvalue weighted by Crippen LogP contribution is -2.30. The van der Waals surface area contributed by atoms with Crippen LogP contribution in [0.2, 0.25) is 5.02 Å². The number of nitrogens with one attached hydrogen (secondary N) is 1. The molecule has 20 heavy (non-hydrogen) atoms. The van der Waals surface area contributed by atoms with Crippen molar-refractivity contribution in [2.75, 3.05) is 0 Å². The Hall–Kier alpha value is -1.56. The molecule has 0 bridgehead atoms. The molecule has 4 nitrogen and oxygen atoms in total. The van der Waals surface area contributed by atoms with E-state index in [-0.39, 0.29) is 0 Å². The van der Waals surface area contributed by atoms with E-state index < -0.39 is 5.91 Å². The van der Waals surface area contributed by atoms with Crippen LogP contribution in [-0.2, 0) is 6.61 Å². The zero-order valence-corrected chi connectivity index (χ0v) is 12.7. The van der Waals surface area contributed by atoms with Crippen LogP contribution < -0.4 is 16.0 Å². The summed E-state index contributed by atoms with van der Waals surface area (Å²) in [6.07, 6.45) is 0. The van der Waals surface area contributed by atoms with Gasteiger partial charge in [0.15, 0.2) is 0 Å². The number of halogens is 2. The maximum Gasteiger partial charge on any atom is 0.268 e. The average molecular weight is 356 g/mol. The van der Waals surface area contributed by atoms with Crippen LogP contribution in [0.25, 0.3) is 0 Å². The van der Waals surface area contributed by atoms with Gasteiger partial charge in [-0.15, -0.1) is 0 Å². The van der Waals surface area contributed by atoms with Crippen LogP contribution in [-0.4, -0.2) is 5.91 Å². The van der Waals surface area contributed by atoms with E-state index in [1.807, 2.05) is 12.1 Å². The highest BCUT2D eigenvalue weighted by Gasteiger charge is 2.12. The lowest BCUT2D eigenvalue weighted by molar-refractivity contribution is 0.0949. The maximum atomic E-state index is 11.7. The topological polar surface area (TPSA) is 64.3 Å². The Labute approximate surface area is 130 Å². The third-order valence-electron chi connectivity index (χ3n) is 2.62. The molecule has 0 fully saturated rings. The van der Waals surface area contributed by atoms with Crippen LogP contribution in [0, 0.1) is 0 Å². The summed E-state index contributed by atoms with van der Waals surface area (Å²) in [5.41, 5.74) is 3.42. The minimum absolute atomic E-state index is 0.337. The van der Waals surface area contributed by atoms with E-state index in [2.05, 4.69) is 21.4 Å². The van der Waals surface area contributed by atoms with E-state index >= 15 is 0 Å². The number of hydrogen-bond acceptors (Lipinski definition) is 3. The molecule has 2 aromatic rings. The molecular formula is C14H12BrClN2O2. The Morgan fingerprint density at radius 1 is 1.25 bits per heavy atom. The van der Waals surface area contributed by atoms with Gasteiger partial charge < -0.3 is 4.74 Å². The van der Waals surface area contributed by atoms with E-state index in [1.54, 1.807) is 30.3 Å². The van der Waals surface area contributed by atoms with Crippen molar-refractivity contribution in [2.45, 2.75) is 6.61 Å². The lowest BCUT2D eigenvalue weighted by atomic mass is 10.2. The number of nitrogen functional groups attached to an aromatic ring is 1. The van der Waals surface area contributed by atoms with E-state index in [0.29, 0.717) is 22.9 Å². The minimum atomic E-state index is -0.405. The quantitative estimate of drug-likeness (QED) is 0.502. The second-order valence-electron chi connectivity index (χ2n) is 4.03. The van der Waals surface area contributed by atoms with Crippen molar-refractivity contribution in [3.63, 3.8) is 0 Å². The fourth-order valence-electron chi connectivity index (χ4n) is 1.62. The summed E-state index contributed by atoms with van der Waals surface area (Å²) in [7, 11) is 0. The van der Waals surface area contributed by atoms with E-state index in [4.69, 9.17) is 22.2 Å². The lowest BCUT2D eigenvalue weighted by Gasteiger charge is -2.11. The van der Waals surface area contributed by atoms with Crippen LogP contribution in [0.3, 0.4) is 0 Å². The van der Waals surface area contributed by atoms with Crippen molar-refractivity contribution in [2.24, 2.45) is 5.84 Å². The predicted molar refractivity (Wildman–Crippen MR) is 81.6 cm³/mol. The van der Waals surface area contributed by atoms with E-state index in [0.717, 1.165) is 10.0 Å². The second kappa shape index (κ2) is 6.74. The van der Waals surface area contributed by atoms with Crippen LogP contribution in [0.5, 0.6) is 5.75 Å². The molecule has 0 atom stereocenters. The standard InChI is InChI=1S/C14H12BrClN2O2/c15-10-3-6-13(12(7-10)14(19)18-17)20-8-9-1-4-11(16)5-2-9/h1-7H,8,17H2,(H,18,19). The van der Waals surface area contributed by atoms with Crippen LogP contribution in [0.1, 0.15) is 15.9 Å². The molecule has 2 aromatic carbocycles. The van der Waals surface area contributed by atoms with Gasteiger partial charge in [0.1, 0.15) is 12.4 Å². The number of carbonyl (C=O) groups excluding carboxylic acids is 1. The normalized spacial score (nSPS) is 10.2. The van der Waals surface area contributed by atoms with Crippen molar-refractivity contribution >= 4 is 33.4 Å². The first kappa shape index (κ1) is 14.8. The number of rotatable bonds is 4. The van der Waals surface area contributed by atoms with Gasteiger partial charge in [-0.1, -0.05) is 39.7 Å². The van der Waals surface area contributed by atoms with Crippen molar-refractivity contribution in [1.29, 1.82) is 0 Å². The van der Waals surface area contributed by atoms with Gasteiger partial charge in [0.05, 0.1) is 5.56 Å². The third kappa shape index (κ3) is 3.72. The Morgan fingerprint density at radius 3 is 2.60 bits per heavy atom. The number of carbonyl (C=O) groups is 1. The third-order valence-corrected chi connectivity index (χ3v) is 3.37. The van der Waals surface area contributed by atoms with Gasteiger partial charge in [-0.25, -0.2) is 5.84 Å². The van der Waals surface area contributed by atoms with Crippen LogP contribution >= 0.6 is 27.5 Å². The molecule has 0 unspecified atom stereocenters. The first-order valence-corrected chi connectivity index (χ1v) is 6.95. The van der Waals surface area contributed by atoms with Crippen LogP contribution in [0.15, 0.2) is 46.9 Å². The molecule has 0 spiro atoms. The molecule has 0 aromatic heterocycles. The highest BCUT2D eigenvalue weighted by Crippen LogP contribution is 2.24. The Balaban J connectivity index is 2.16. The molecule has 0 saturated carbocycles. The van der Waals surface area contributed by atoms with Crippen molar-refractivity contribution in [3.8, 4) is 5.75 Å². The zero-order valence-electron chi connectivity index (χ0n) is 10.4. The molecule has 3 N–H and O–H groups in total. The molecule has 6 heteroatoms. The summed E-state index contributed by atoms with van der Waals surface area (Å²) in [6.45, 7) is 0.337. The van der Waals surface area contributed by atoms with E-state index in [9.17, 15) is 4.79 Å². The molecule has 0 heterocycles. The molecule has 2 rings (SSSR count). The number of nitrogens with two attached hydrogens (primary N) is 1.